The van der Waals surface area contributed by atoms with Gasteiger partial charge in [-0.15, -0.1) is 11.3 Å². The van der Waals surface area contributed by atoms with Gasteiger partial charge in [-0.3, -0.25) is 4.55 Å². The molecule has 1 aromatic carbocycles. The summed E-state index contributed by atoms with van der Waals surface area (Å²) in [5, 5.41) is 0. The third-order valence-corrected chi connectivity index (χ3v) is 4.87. The molecular weight excluding hydrogens is 313 g/mol. The van der Waals surface area contributed by atoms with Crippen LogP contribution in [0, 0.1) is 6.92 Å². The van der Waals surface area contributed by atoms with Crippen LogP contribution in [0.3, 0.4) is 0 Å². The van der Waals surface area contributed by atoms with Crippen LogP contribution in [0.15, 0.2) is 35.2 Å². The Balaban J connectivity index is 2.57. The zero-order valence-electron chi connectivity index (χ0n) is 10.1. The van der Waals surface area contributed by atoms with E-state index in [0.29, 0.717) is 21.8 Å². The molecule has 0 unspecified atom stereocenters. The van der Waals surface area contributed by atoms with E-state index in [0.717, 1.165) is 6.07 Å². The fraction of sp³-hybridized carbons (Fsp3) is 0.167. The zero-order valence-corrected chi connectivity index (χ0v) is 11.7. The van der Waals surface area contributed by atoms with Crippen LogP contribution in [-0.4, -0.2) is 13.0 Å². The first-order valence-corrected chi connectivity index (χ1v) is 7.61. The van der Waals surface area contributed by atoms with Crippen molar-refractivity contribution in [2.24, 2.45) is 0 Å². The van der Waals surface area contributed by atoms with E-state index in [-0.39, 0.29) is 10.5 Å². The van der Waals surface area contributed by atoms with E-state index in [9.17, 15) is 21.6 Å². The summed E-state index contributed by atoms with van der Waals surface area (Å²) in [6.07, 6.45) is -4.43. The quantitative estimate of drug-likeness (QED) is 0.851. The maximum Gasteiger partial charge on any atom is 0.425 e. The third-order valence-electron chi connectivity index (χ3n) is 2.71. The average molecular weight is 322 g/mol. The maximum atomic E-state index is 12.6. The molecule has 0 radical (unpaired) electrons. The molecule has 0 bridgehead atoms. The summed E-state index contributed by atoms with van der Waals surface area (Å²) in [4.78, 5) is -0.776. The van der Waals surface area contributed by atoms with Crippen LogP contribution in [0.25, 0.3) is 10.4 Å². The Labute approximate surface area is 117 Å². The van der Waals surface area contributed by atoms with Crippen molar-refractivity contribution in [3.63, 3.8) is 0 Å². The van der Waals surface area contributed by atoms with Crippen molar-refractivity contribution >= 4 is 21.5 Å². The summed E-state index contributed by atoms with van der Waals surface area (Å²) in [6.45, 7) is 1.44. The Kier molecular flexibility index (Phi) is 3.66. The smallest absolute Gasteiger partial charge is 0.282 e. The molecule has 108 valence electrons. The van der Waals surface area contributed by atoms with Gasteiger partial charge < -0.3 is 0 Å². The standard InChI is InChI=1S/C12H9F3O3S2/c1-7-8(3-2-4-10(7)20(16,17)18)9-5-6-11(19-9)12(13,14)15/h2-6H,1H3,(H,16,17,18). The largest absolute Gasteiger partial charge is 0.425 e. The second kappa shape index (κ2) is 4.87. The molecule has 3 nitrogen and oxygen atoms in total. The van der Waals surface area contributed by atoms with E-state index < -0.39 is 21.2 Å². The first-order chi connectivity index (χ1) is 9.10. The summed E-state index contributed by atoms with van der Waals surface area (Å²) < 4.78 is 69.1. The minimum absolute atomic E-state index is 0.213. The number of thiophene rings is 1. The van der Waals surface area contributed by atoms with Crippen LogP contribution in [0.4, 0.5) is 13.2 Å². The predicted octanol–water partition coefficient (Wildman–Crippen LogP) is 3.99. The molecule has 0 spiro atoms. The average Bonchev–Trinajstić information content (AvgIpc) is 2.76. The van der Waals surface area contributed by atoms with Gasteiger partial charge in [-0.05, 0) is 36.2 Å². The maximum absolute atomic E-state index is 12.6. The Morgan fingerprint density at radius 2 is 1.80 bits per heavy atom. The predicted molar refractivity (Wildman–Crippen MR) is 69.3 cm³/mol. The van der Waals surface area contributed by atoms with Crippen molar-refractivity contribution in [3.8, 4) is 10.4 Å². The number of hydrogen-bond acceptors (Lipinski definition) is 3. The van der Waals surface area contributed by atoms with E-state index in [1.165, 1.54) is 31.2 Å². The normalized spacial score (nSPS) is 12.7. The first kappa shape index (κ1) is 15.0. The van der Waals surface area contributed by atoms with Crippen molar-refractivity contribution in [1.29, 1.82) is 0 Å². The zero-order chi connectivity index (χ0) is 15.1. The molecule has 2 aromatic rings. The van der Waals surface area contributed by atoms with Gasteiger partial charge in [0.2, 0.25) is 0 Å². The second-order valence-corrected chi connectivity index (χ2v) is 6.54. The van der Waals surface area contributed by atoms with E-state index in [4.69, 9.17) is 4.55 Å². The van der Waals surface area contributed by atoms with Crippen LogP contribution >= 0.6 is 11.3 Å². The van der Waals surface area contributed by atoms with E-state index in [1.807, 2.05) is 0 Å². The molecule has 0 atom stereocenters. The van der Waals surface area contributed by atoms with Crippen molar-refractivity contribution in [2.75, 3.05) is 0 Å². The Morgan fingerprint density at radius 1 is 1.15 bits per heavy atom. The van der Waals surface area contributed by atoms with Gasteiger partial charge in [0.1, 0.15) is 4.88 Å². The van der Waals surface area contributed by atoms with Gasteiger partial charge in [0, 0.05) is 4.88 Å². The van der Waals surface area contributed by atoms with E-state index in [1.54, 1.807) is 0 Å². The van der Waals surface area contributed by atoms with E-state index >= 15 is 0 Å². The number of rotatable bonds is 2. The van der Waals surface area contributed by atoms with Crippen molar-refractivity contribution in [3.05, 3.63) is 40.8 Å². The van der Waals surface area contributed by atoms with Gasteiger partial charge in [-0.25, -0.2) is 0 Å². The van der Waals surface area contributed by atoms with Crippen LogP contribution in [-0.2, 0) is 16.3 Å². The molecule has 0 saturated heterocycles. The molecule has 0 saturated carbocycles. The minimum Gasteiger partial charge on any atom is -0.282 e. The summed E-state index contributed by atoms with van der Waals surface area (Å²) in [7, 11) is -4.40. The van der Waals surface area contributed by atoms with Crippen molar-refractivity contribution in [1.82, 2.24) is 0 Å². The summed E-state index contributed by atoms with van der Waals surface area (Å²) >= 11 is 0.525. The third kappa shape index (κ3) is 2.87. The van der Waals surface area contributed by atoms with E-state index in [2.05, 4.69) is 0 Å². The molecule has 0 aliphatic carbocycles. The van der Waals surface area contributed by atoms with Gasteiger partial charge in [-0.1, -0.05) is 12.1 Å². The first-order valence-electron chi connectivity index (χ1n) is 5.35. The van der Waals surface area contributed by atoms with Gasteiger partial charge in [0.25, 0.3) is 10.1 Å². The summed E-state index contributed by atoms with van der Waals surface area (Å²) in [5.74, 6) is 0. The molecule has 0 fully saturated rings. The molecule has 1 heterocycles. The molecule has 0 aliphatic rings. The fourth-order valence-corrected chi connectivity index (χ4v) is 3.50. The van der Waals surface area contributed by atoms with Crippen LogP contribution in [0.5, 0.6) is 0 Å². The molecule has 1 aromatic heterocycles. The summed E-state index contributed by atoms with van der Waals surface area (Å²) in [6, 6.07) is 6.31. The van der Waals surface area contributed by atoms with Gasteiger partial charge >= 0.3 is 6.18 Å². The Bertz CT molecular complexity index is 746. The minimum atomic E-state index is -4.43. The molecule has 2 rings (SSSR count). The van der Waals surface area contributed by atoms with Crippen molar-refractivity contribution < 1.29 is 26.1 Å². The highest BCUT2D eigenvalue weighted by Gasteiger charge is 2.32. The Morgan fingerprint density at radius 3 is 2.30 bits per heavy atom. The summed E-state index contributed by atoms with van der Waals surface area (Å²) in [5.41, 5.74) is 0.561. The van der Waals surface area contributed by atoms with Gasteiger partial charge in [-0.2, -0.15) is 21.6 Å². The second-order valence-electron chi connectivity index (χ2n) is 4.07. The molecular formula is C12H9F3O3S2. The molecule has 0 aliphatic heterocycles. The molecule has 0 amide bonds. The number of alkyl halides is 3. The molecule has 1 N–H and O–H groups in total. The van der Waals surface area contributed by atoms with Crippen LogP contribution < -0.4 is 0 Å². The number of benzene rings is 1. The fourth-order valence-electron chi connectivity index (χ4n) is 1.80. The lowest BCUT2D eigenvalue weighted by Gasteiger charge is -2.07. The lowest BCUT2D eigenvalue weighted by Crippen LogP contribution is -2.01. The topological polar surface area (TPSA) is 54.4 Å². The molecule has 8 heteroatoms. The monoisotopic (exact) mass is 322 g/mol. The van der Waals surface area contributed by atoms with Gasteiger partial charge in [0.05, 0.1) is 4.90 Å². The van der Waals surface area contributed by atoms with Gasteiger partial charge in [0.15, 0.2) is 0 Å². The van der Waals surface area contributed by atoms with Crippen LogP contribution in [0.1, 0.15) is 10.4 Å². The van der Waals surface area contributed by atoms with Crippen molar-refractivity contribution in [2.45, 2.75) is 18.0 Å². The highest BCUT2D eigenvalue weighted by molar-refractivity contribution is 7.85. The lowest BCUT2D eigenvalue weighted by molar-refractivity contribution is -0.134. The number of hydrogen-bond donors (Lipinski definition) is 1. The molecule has 20 heavy (non-hydrogen) atoms. The lowest BCUT2D eigenvalue weighted by atomic mass is 10.1. The SMILES string of the molecule is Cc1c(-c2ccc(C(F)(F)F)s2)cccc1S(=O)(=O)O. The number of halogens is 3. The Hall–Kier alpha value is -1.38. The highest BCUT2D eigenvalue weighted by atomic mass is 32.2. The highest BCUT2D eigenvalue weighted by Crippen LogP contribution is 2.39. The van der Waals surface area contributed by atoms with Crippen LogP contribution in [0.2, 0.25) is 0 Å².